The number of anilines is 1. The summed E-state index contributed by atoms with van der Waals surface area (Å²) in [6.45, 7) is 4.02. The molecule has 8 heteroatoms. The van der Waals surface area contributed by atoms with Gasteiger partial charge >= 0.3 is 0 Å². The van der Waals surface area contributed by atoms with Gasteiger partial charge in [0.15, 0.2) is 0 Å². The van der Waals surface area contributed by atoms with Crippen molar-refractivity contribution in [2.24, 2.45) is 0 Å². The third-order valence-corrected chi connectivity index (χ3v) is 4.07. The molecule has 0 radical (unpaired) electrons. The number of nitrogens with one attached hydrogen (secondary N) is 2. The number of hydrogen-bond donors (Lipinski definition) is 2. The van der Waals surface area contributed by atoms with E-state index in [2.05, 4.69) is 20.8 Å². The van der Waals surface area contributed by atoms with Crippen molar-refractivity contribution in [3.05, 3.63) is 40.3 Å². The number of nitrogens with zero attached hydrogens (tertiary/aromatic N) is 2. The van der Waals surface area contributed by atoms with Gasteiger partial charge in [-0.1, -0.05) is 36.5 Å². The topological polar surface area (TPSA) is 93.2 Å². The van der Waals surface area contributed by atoms with Crippen LogP contribution < -0.4 is 10.6 Å². The summed E-state index contributed by atoms with van der Waals surface area (Å²) >= 11 is 1.14. The highest BCUT2D eigenvalue weighted by Crippen LogP contribution is 2.13. The Hall–Kier alpha value is -2.32. The molecule has 2 amide bonds. The van der Waals surface area contributed by atoms with Gasteiger partial charge in [-0.15, -0.1) is 10.2 Å². The van der Waals surface area contributed by atoms with Crippen molar-refractivity contribution in [2.45, 2.75) is 32.9 Å². The molecular formula is C16H20N4O3S. The molecule has 2 N–H and O–H groups in total. The first-order valence-electron chi connectivity index (χ1n) is 7.64. The molecule has 2 aromatic rings. The van der Waals surface area contributed by atoms with E-state index in [-0.39, 0.29) is 36.1 Å². The van der Waals surface area contributed by atoms with Crippen molar-refractivity contribution in [1.82, 2.24) is 15.5 Å². The highest BCUT2D eigenvalue weighted by molar-refractivity contribution is 7.13. The monoisotopic (exact) mass is 348 g/mol. The molecule has 2 rings (SSSR count). The molecule has 1 atom stereocenters. The van der Waals surface area contributed by atoms with Crippen molar-refractivity contribution in [2.75, 3.05) is 11.9 Å². The highest BCUT2D eigenvalue weighted by atomic mass is 32.1. The van der Waals surface area contributed by atoms with E-state index < -0.39 is 0 Å². The molecule has 0 bridgehead atoms. The third kappa shape index (κ3) is 5.71. The highest BCUT2D eigenvalue weighted by Gasteiger charge is 2.13. The largest absolute Gasteiger partial charge is 0.364 e. The molecule has 0 saturated heterocycles. The lowest BCUT2D eigenvalue weighted by atomic mass is 10.2. The van der Waals surface area contributed by atoms with Crippen LogP contribution in [0.3, 0.4) is 0 Å². The molecule has 1 aromatic heterocycles. The predicted octanol–water partition coefficient (Wildman–Crippen LogP) is 2.22. The maximum Gasteiger partial charge on any atom is 0.286 e. The van der Waals surface area contributed by atoms with E-state index >= 15 is 0 Å². The normalized spacial score (nSPS) is 11.8. The van der Waals surface area contributed by atoms with Gasteiger partial charge < -0.3 is 15.4 Å². The van der Waals surface area contributed by atoms with E-state index in [4.69, 9.17) is 4.74 Å². The molecule has 0 unspecified atom stereocenters. The average Bonchev–Trinajstić information content (AvgIpc) is 3.04. The third-order valence-electron chi connectivity index (χ3n) is 3.17. The number of rotatable bonds is 8. The number of carbonyl (C=O) groups excluding carboxylic acids is 2. The van der Waals surface area contributed by atoms with Crippen LogP contribution in [0.2, 0.25) is 0 Å². The summed E-state index contributed by atoms with van der Waals surface area (Å²) in [6.07, 6.45) is 0.863. The maximum atomic E-state index is 12.1. The van der Waals surface area contributed by atoms with Crippen LogP contribution in [0.5, 0.6) is 0 Å². The summed E-state index contributed by atoms with van der Waals surface area (Å²) in [5.74, 6) is -0.490. The average molecular weight is 348 g/mol. The minimum atomic E-state index is -0.320. The molecule has 0 aliphatic heterocycles. The number of benzene rings is 1. The smallest absolute Gasteiger partial charge is 0.286 e. The van der Waals surface area contributed by atoms with Crippen LogP contribution in [-0.2, 0) is 16.1 Å². The zero-order valence-electron chi connectivity index (χ0n) is 13.6. The van der Waals surface area contributed by atoms with Crippen molar-refractivity contribution in [3.8, 4) is 0 Å². The van der Waals surface area contributed by atoms with E-state index in [9.17, 15) is 9.59 Å². The number of aromatic nitrogens is 2. The summed E-state index contributed by atoms with van der Waals surface area (Å²) in [4.78, 5) is 23.6. The van der Waals surface area contributed by atoms with Crippen LogP contribution in [0.15, 0.2) is 30.3 Å². The van der Waals surface area contributed by atoms with Crippen molar-refractivity contribution in [1.29, 1.82) is 0 Å². The van der Waals surface area contributed by atoms with Gasteiger partial charge in [-0.05, 0) is 25.5 Å². The zero-order valence-corrected chi connectivity index (χ0v) is 14.4. The van der Waals surface area contributed by atoms with E-state index in [1.807, 2.05) is 32.0 Å². The number of ether oxygens (including phenoxy) is 1. The molecular weight excluding hydrogens is 328 g/mol. The first-order chi connectivity index (χ1) is 11.6. The van der Waals surface area contributed by atoms with Gasteiger partial charge in [-0.2, -0.15) is 0 Å². The maximum absolute atomic E-state index is 12.1. The Labute approximate surface area is 144 Å². The second-order valence-corrected chi connectivity index (χ2v) is 6.25. The first-order valence-corrected chi connectivity index (χ1v) is 8.46. The first kappa shape index (κ1) is 18.0. The summed E-state index contributed by atoms with van der Waals surface area (Å²) in [7, 11) is 0. The lowest BCUT2D eigenvalue weighted by Crippen LogP contribution is -2.34. The number of carbonyl (C=O) groups is 2. The Morgan fingerprint density at radius 3 is 2.71 bits per heavy atom. The molecule has 0 fully saturated rings. The van der Waals surface area contributed by atoms with Gasteiger partial charge in [0.25, 0.3) is 5.91 Å². The molecule has 0 aliphatic carbocycles. The molecule has 24 heavy (non-hydrogen) atoms. The zero-order chi connectivity index (χ0) is 17.4. The Kier molecular flexibility index (Phi) is 6.83. The number of para-hydroxylation sites is 1. The summed E-state index contributed by atoms with van der Waals surface area (Å²) < 4.78 is 5.30. The van der Waals surface area contributed by atoms with Crippen molar-refractivity contribution in [3.63, 3.8) is 0 Å². The molecule has 1 heterocycles. The predicted molar refractivity (Wildman–Crippen MR) is 91.9 cm³/mol. The number of hydrogen-bond acceptors (Lipinski definition) is 6. The van der Waals surface area contributed by atoms with Crippen LogP contribution in [0.25, 0.3) is 0 Å². The molecule has 0 aliphatic rings. The Morgan fingerprint density at radius 2 is 2.00 bits per heavy atom. The lowest BCUT2D eigenvalue weighted by molar-refractivity contribution is -0.126. The fourth-order valence-corrected chi connectivity index (χ4v) is 2.43. The second-order valence-electron chi connectivity index (χ2n) is 5.19. The molecule has 0 spiro atoms. The van der Waals surface area contributed by atoms with Gasteiger partial charge in [0.2, 0.25) is 10.9 Å². The summed E-state index contributed by atoms with van der Waals surface area (Å²) in [5, 5.41) is 14.1. The van der Waals surface area contributed by atoms with E-state index in [0.717, 1.165) is 17.8 Å². The van der Waals surface area contributed by atoms with Gasteiger partial charge in [-0.3, -0.25) is 9.59 Å². The van der Waals surface area contributed by atoms with Gasteiger partial charge in [0, 0.05) is 11.7 Å². The minimum Gasteiger partial charge on any atom is -0.364 e. The summed E-state index contributed by atoms with van der Waals surface area (Å²) in [5.41, 5.74) is 0.692. The second kappa shape index (κ2) is 9.09. The fraction of sp³-hybridized carbons (Fsp3) is 0.375. The molecule has 7 nitrogen and oxygen atoms in total. The summed E-state index contributed by atoms with van der Waals surface area (Å²) in [6, 6.07) is 9.24. The van der Waals surface area contributed by atoms with Gasteiger partial charge in [0.1, 0.15) is 18.2 Å². The van der Waals surface area contributed by atoms with Crippen molar-refractivity contribution < 1.29 is 14.3 Å². The molecule has 0 saturated carbocycles. The van der Waals surface area contributed by atoms with E-state index in [1.54, 1.807) is 12.1 Å². The number of amides is 2. The van der Waals surface area contributed by atoms with Crippen LogP contribution in [0, 0.1) is 0 Å². The van der Waals surface area contributed by atoms with Crippen LogP contribution in [0.4, 0.5) is 5.69 Å². The minimum absolute atomic E-state index is 0.0462. The molecule has 1 aromatic carbocycles. The van der Waals surface area contributed by atoms with Crippen LogP contribution in [0.1, 0.15) is 35.1 Å². The standard InChI is InChI=1S/C16H20N4O3S/c1-3-11(2)17-13(21)9-23-10-14-19-20-16(24-14)15(22)18-12-7-5-4-6-8-12/h4-8,11H,3,9-10H2,1-2H3,(H,17,21)(H,18,22)/t11-/m1/s1. The van der Waals surface area contributed by atoms with Crippen LogP contribution >= 0.6 is 11.3 Å². The van der Waals surface area contributed by atoms with Crippen molar-refractivity contribution >= 4 is 28.8 Å². The Morgan fingerprint density at radius 1 is 1.25 bits per heavy atom. The lowest BCUT2D eigenvalue weighted by Gasteiger charge is -2.10. The Bertz CT molecular complexity index is 675. The van der Waals surface area contributed by atoms with Gasteiger partial charge in [-0.25, -0.2) is 0 Å². The Balaban J connectivity index is 1.78. The SMILES string of the molecule is CC[C@@H](C)NC(=O)COCc1nnc(C(=O)Nc2ccccc2)s1. The van der Waals surface area contributed by atoms with E-state index in [1.165, 1.54) is 0 Å². The van der Waals surface area contributed by atoms with Crippen LogP contribution in [-0.4, -0.2) is 34.7 Å². The van der Waals surface area contributed by atoms with Gasteiger partial charge in [0.05, 0.1) is 0 Å². The molecule has 128 valence electrons. The van der Waals surface area contributed by atoms with E-state index in [0.29, 0.717) is 10.7 Å². The quantitative estimate of drug-likeness (QED) is 0.763. The fourth-order valence-electron chi connectivity index (χ4n) is 1.76.